The molecule has 0 rings (SSSR count). The van der Waals surface area contributed by atoms with Crippen LogP contribution in [-0.4, -0.2) is 31.6 Å². The summed E-state index contributed by atoms with van der Waals surface area (Å²) in [6.45, 7) is 3.97. The predicted molar refractivity (Wildman–Crippen MR) is 45.7 cm³/mol. The molecule has 0 heterocycles. The third-order valence-electron chi connectivity index (χ3n) is 1.40. The minimum Gasteiger partial charge on any atom is -0.338 e. The molecule has 0 saturated heterocycles. The van der Waals surface area contributed by atoms with Crippen LogP contribution in [0.4, 0.5) is 4.79 Å². The molecule has 5 nitrogen and oxygen atoms in total. The van der Waals surface area contributed by atoms with Crippen molar-refractivity contribution in [2.45, 2.75) is 19.9 Å². The predicted octanol–water partition coefficient (Wildman–Crippen LogP) is -0.560. The second-order valence-corrected chi connectivity index (χ2v) is 2.36. The first kappa shape index (κ1) is 10.9. The van der Waals surface area contributed by atoms with Crippen molar-refractivity contribution in [3.63, 3.8) is 0 Å². The molecule has 0 aromatic carbocycles. The van der Waals surface area contributed by atoms with E-state index in [2.05, 4.69) is 16.0 Å². The summed E-state index contributed by atoms with van der Waals surface area (Å²) in [5.74, 6) is -0.330. The van der Waals surface area contributed by atoms with Crippen molar-refractivity contribution in [2.24, 2.45) is 0 Å². The Balaban J connectivity index is 3.76. The summed E-state index contributed by atoms with van der Waals surface area (Å²) in [5.41, 5.74) is 0. The highest BCUT2D eigenvalue weighted by atomic mass is 16.2. The van der Waals surface area contributed by atoms with Gasteiger partial charge in [-0.1, -0.05) is 0 Å². The second-order valence-electron chi connectivity index (χ2n) is 2.36. The Morgan fingerprint density at radius 1 is 1.42 bits per heavy atom. The number of imide groups is 1. The van der Waals surface area contributed by atoms with E-state index in [4.69, 9.17) is 0 Å². The van der Waals surface area contributed by atoms with Crippen LogP contribution in [0.25, 0.3) is 0 Å². The monoisotopic (exact) mass is 173 g/mol. The number of urea groups is 1. The molecule has 70 valence electrons. The Kier molecular flexibility index (Phi) is 5.03. The Bertz CT molecular complexity index is 170. The number of nitrogens with one attached hydrogen (secondary N) is 3. The highest BCUT2D eigenvalue weighted by Gasteiger charge is 2.12. The van der Waals surface area contributed by atoms with Crippen LogP contribution in [0.15, 0.2) is 0 Å². The molecule has 0 aliphatic heterocycles. The summed E-state index contributed by atoms with van der Waals surface area (Å²) in [7, 11) is 1.65. The topological polar surface area (TPSA) is 70.2 Å². The van der Waals surface area contributed by atoms with Crippen LogP contribution in [0.2, 0.25) is 0 Å². The van der Waals surface area contributed by atoms with Crippen LogP contribution in [0.3, 0.4) is 0 Å². The summed E-state index contributed by atoms with van der Waals surface area (Å²) in [5, 5.41) is 7.36. The highest BCUT2D eigenvalue weighted by molar-refractivity contribution is 5.96. The van der Waals surface area contributed by atoms with E-state index in [0.29, 0.717) is 6.54 Å². The lowest BCUT2D eigenvalue weighted by Crippen LogP contribution is -2.47. The maximum atomic E-state index is 11.0. The zero-order valence-electron chi connectivity index (χ0n) is 7.60. The van der Waals surface area contributed by atoms with E-state index < -0.39 is 6.03 Å². The lowest BCUT2D eigenvalue weighted by atomic mass is 10.3. The average Bonchev–Trinajstić information content (AvgIpc) is 2.03. The number of amides is 3. The van der Waals surface area contributed by atoms with E-state index in [-0.39, 0.29) is 11.9 Å². The molecule has 0 radical (unpaired) electrons. The van der Waals surface area contributed by atoms with Crippen LogP contribution in [0, 0.1) is 0 Å². The number of carbonyl (C=O) groups excluding carboxylic acids is 2. The van der Waals surface area contributed by atoms with Crippen LogP contribution < -0.4 is 16.0 Å². The summed E-state index contributed by atoms with van der Waals surface area (Å²) in [4.78, 5) is 21.8. The van der Waals surface area contributed by atoms with E-state index in [1.807, 2.05) is 0 Å². The van der Waals surface area contributed by atoms with Gasteiger partial charge in [0.1, 0.15) is 0 Å². The number of likely N-dealkylation sites (N-methyl/N-ethyl adjacent to an activating group) is 1. The van der Waals surface area contributed by atoms with Gasteiger partial charge in [-0.2, -0.15) is 0 Å². The molecule has 5 heteroatoms. The van der Waals surface area contributed by atoms with Gasteiger partial charge in [-0.25, -0.2) is 4.79 Å². The molecule has 0 spiro atoms. The fourth-order valence-corrected chi connectivity index (χ4v) is 0.556. The van der Waals surface area contributed by atoms with E-state index in [1.165, 1.54) is 0 Å². The number of hydrogen-bond donors (Lipinski definition) is 3. The van der Waals surface area contributed by atoms with Crippen molar-refractivity contribution in [2.75, 3.05) is 13.6 Å². The van der Waals surface area contributed by atoms with Gasteiger partial charge >= 0.3 is 6.03 Å². The second kappa shape index (κ2) is 5.54. The highest BCUT2D eigenvalue weighted by Crippen LogP contribution is 1.78. The van der Waals surface area contributed by atoms with Crippen LogP contribution >= 0.6 is 0 Å². The first-order valence-corrected chi connectivity index (χ1v) is 3.87. The molecule has 1 atom stereocenters. The molecule has 1 unspecified atom stereocenters. The van der Waals surface area contributed by atoms with Gasteiger partial charge in [-0.05, 0) is 20.9 Å². The molecule has 12 heavy (non-hydrogen) atoms. The third-order valence-corrected chi connectivity index (χ3v) is 1.40. The number of rotatable bonds is 3. The van der Waals surface area contributed by atoms with Gasteiger partial charge in [0, 0.05) is 6.54 Å². The first-order chi connectivity index (χ1) is 5.61. The van der Waals surface area contributed by atoms with Crippen molar-refractivity contribution >= 4 is 11.9 Å². The normalized spacial score (nSPS) is 11.9. The van der Waals surface area contributed by atoms with Crippen molar-refractivity contribution in [1.29, 1.82) is 0 Å². The molecule has 0 aromatic heterocycles. The average molecular weight is 173 g/mol. The van der Waals surface area contributed by atoms with E-state index in [1.54, 1.807) is 20.9 Å². The summed E-state index contributed by atoms with van der Waals surface area (Å²) in [6.07, 6.45) is 0. The Morgan fingerprint density at radius 3 is 2.42 bits per heavy atom. The summed E-state index contributed by atoms with van der Waals surface area (Å²) in [6, 6.07) is -0.808. The minimum atomic E-state index is -0.454. The zero-order valence-corrected chi connectivity index (χ0v) is 7.60. The van der Waals surface area contributed by atoms with Crippen molar-refractivity contribution in [3.05, 3.63) is 0 Å². The molecular weight excluding hydrogens is 158 g/mol. The SMILES string of the molecule is CCNC(=O)NC(=O)C(C)NC. The molecule has 0 aliphatic carbocycles. The lowest BCUT2D eigenvalue weighted by Gasteiger charge is -2.09. The van der Waals surface area contributed by atoms with Crippen LogP contribution in [0.1, 0.15) is 13.8 Å². The van der Waals surface area contributed by atoms with Gasteiger partial charge < -0.3 is 10.6 Å². The van der Waals surface area contributed by atoms with Gasteiger partial charge in [0.15, 0.2) is 0 Å². The van der Waals surface area contributed by atoms with Gasteiger partial charge in [0.2, 0.25) is 5.91 Å². The molecule has 0 saturated carbocycles. The standard InChI is InChI=1S/C7H15N3O2/c1-4-9-7(12)10-6(11)5(2)8-3/h5,8H,4H2,1-3H3,(H2,9,10,11,12). The largest absolute Gasteiger partial charge is 0.338 e. The maximum Gasteiger partial charge on any atom is 0.321 e. The van der Waals surface area contributed by atoms with Crippen molar-refractivity contribution in [3.8, 4) is 0 Å². The quantitative estimate of drug-likeness (QED) is 0.536. The molecule has 0 aliphatic rings. The lowest BCUT2D eigenvalue weighted by molar-refractivity contribution is -0.121. The molecule has 0 bridgehead atoms. The zero-order chi connectivity index (χ0) is 9.56. The molecule has 3 amide bonds. The minimum absolute atomic E-state index is 0.330. The fourth-order valence-electron chi connectivity index (χ4n) is 0.556. The Hall–Kier alpha value is -1.10. The van der Waals surface area contributed by atoms with Gasteiger partial charge in [0.05, 0.1) is 6.04 Å². The Labute approximate surface area is 71.9 Å². The van der Waals surface area contributed by atoms with Gasteiger partial charge in [0.25, 0.3) is 0 Å². The van der Waals surface area contributed by atoms with Crippen molar-refractivity contribution < 1.29 is 9.59 Å². The number of carbonyl (C=O) groups is 2. The molecular formula is C7H15N3O2. The van der Waals surface area contributed by atoms with E-state index in [9.17, 15) is 9.59 Å². The summed E-state index contributed by atoms with van der Waals surface area (Å²) >= 11 is 0. The number of hydrogen-bond acceptors (Lipinski definition) is 3. The molecule has 3 N–H and O–H groups in total. The Morgan fingerprint density at radius 2 is 2.00 bits per heavy atom. The van der Waals surface area contributed by atoms with E-state index >= 15 is 0 Å². The smallest absolute Gasteiger partial charge is 0.321 e. The third kappa shape index (κ3) is 3.92. The van der Waals surface area contributed by atoms with E-state index in [0.717, 1.165) is 0 Å². The maximum absolute atomic E-state index is 11.0. The van der Waals surface area contributed by atoms with Crippen molar-refractivity contribution in [1.82, 2.24) is 16.0 Å². The molecule has 0 fully saturated rings. The summed E-state index contributed by atoms with van der Waals surface area (Å²) < 4.78 is 0. The molecule has 0 aromatic rings. The van der Waals surface area contributed by atoms with Crippen LogP contribution in [-0.2, 0) is 4.79 Å². The fraction of sp³-hybridized carbons (Fsp3) is 0.714. The first-order valence-electron chi connectivity index (χ1n) is 3.87. The van der Waals surface area contributed by atoms with Gasteiger partial charge in [-0.15, -0.1) is 0 Å². The van der Waals surface area contributed by atoms with Gasteiger partial charge in [-0.3, -0.25) is 10.1 Å². The van der Waals surface area contributed by atoms with Crippen LogP contribution in [0.5, 0.6) is 0 Å².